The van der Waals surface area contributed by atoms with E-state index in [1.807, 2.05) is 17.5 Å². The number of H-pyrrole nitrogens is 1. The number of non-ortho nitro benzene ring substituents is 1. The van der Waals surface area contributed by atoms with Crippen LogP contribution in [0, 0.1) is 10.1 Å². The Morgan fingerprint density at radius 3 is 2.76 bits per heavy atom. The van der Waals surface area contributed by atoms with Crippen LogP contribution in [-0.4, -0.2) is 15.1 Å². The zero-order valence-electron chi connectivity index (χ0n) is 10.9. The molecule has 0 bridgehead atoms. The van der Waals surface area contributed by atoms with Crippen LogP contribution in [0.25, 0.3) is 10.6 Å². The number of nitrogens with one attached hydrogen (secondary N) is 2. The molecule has 0 aliphatic carbocycles. The number of nitrogens with zero attached hydrogens (tertiary/aromatic N) is 2. The predicted octanol–water partition coefficient (Wildman–Crippen LogP) is 3.66. The Balaban J connectivity index is 1.71. The maximum Gasteiger partial charge on any atom is 0.269 e. The molecule has 0 saturated heterocycles. The van der Waals surface area contributed by atoms with Crippen molar-refractivity contribution in [1.82, 2.24) is 10.2 Å². The molecule has 0 atom stereocenters. The number of aromatic nitrogens is 2. The van der Waals surface area contributed by atoms with Gasteiger partial charge in [0.15, 0.2) is 0 Å². The van der Waals surface area contributed by atoms with Gasteiger partial charge in [-0.2, -0.15) is 5.10 Å². The molecular formula is C14H12N4O2S. The van der Waals surface area contributed by atoms with Gasteiger partial charge in [0.1, 0.15) is 0 Å². The summed E-state index contributed by atoms with van der Waals surface area (Å²) >= 11 is 1.65. The molecule has 0 amide bonds. The molecular weight excluding hydrogens is 288 g/mol. The lowest BCUT2D eigenvalue weighted by atomic mass is 10.2. The van der Waals surface area contributed by atoms with Crippen LogP contribution >= 0.6 is 11.3 Å². The number of hydrogen-bond donors (Lipinski definition) is 2. The Kier molecular flexibility index (Phi) is 3.65. The van der Waals surface area contributed by atoms with E-state index in [1.54, 1.807) is 29.7 Å². The van der Waals surface area contributed by atoms with E-state index >= 15 is 0 Å². The molecule has 0 radical (unpaired) electrons. The molecule has 0 aliphatic heterocycles. The van der Waals surface area contributed by atoms with E-state index < -0.39 is 4.92 Å². The minimum atomic E-state index is -0.408. The second kappa shape index (κ2) is 5.76. The highest BCUT2D eigenvalue weighted by molar-refractivity contribution is 7.13. The van der Waals surface area contributed by atoms with Gasteiger partial charge in [0.05, 0.1) is 21.7 Å². The maximum absolute atomic E-state index is 10.6. The van der Waals surface area contributed by atoms with Gasteiger partial charge in [-0.15, -0.1) is 11.3 Å². The van der Waals surface area contributed by atoms with Crippen molar-refractivity contribution in [2.75, 3.05) is 5.32 Å². The van der Waals surface area contributed by atoms with Gasteiger partial charge in [-0.1, -0.05) is 6.07 Å². The highest BCUT2D eigenvalue weighted by Gasteiger charge is 2.09. The first-order valence-corrected chi connectivity index (χ1v) is 7.16. The van der Waals surface area contributed by atoms with Gasteiger partial charge in [0.25, 0.3) is 5.69 Å². The van der Waals surface area contributed by atoms with Crippen molar-refractivity contribution in [2.45, 2.75) is 6.54 Å². The molecule has 21 heavy (non-hydrogen) atoms. The van der Waals surface area contributed by atoms with E-state index in [0.29, 0.717) is 6.54 Å². The van der Waals surface area contributed by atoms with Crippen molar-refractivity contribution in [2.24, 2.45) is 0 Å². The normalized spacial score (nSPS) is 10.5. The van der Waals surface area contributed by atoms with Gasteiger partial charge in [-0.3, -0.25) is 15.2 Å². The number of anilines is 1. The van der Waals surface area contributed by atoms with Crippen molar-refractivity contribution in [3.8, 4) is 10.6 Å². The first-order chi connectivity index (χ1) is 10.2. The van der Waals surface area contributed by atoms with Crippen LogP contribution in [0.4, 0.5) is 11.4 Å². The monoisotopic (exact) mass is 300 g/mol. The highest BCUT2D eigenvalue weighted by atomic mass is 32.1. The Bertz CT molecular complexity index is 735. The summed E-state index contributed by atoms with van der Waals surface area (Å²) in [6, 6.07) is 10.4. The van der Waals surface area contributed by atoms with Crippen LogP contribution in [0.15, 0.2) is 48.0 Å². The summed E-state index contributed by atoms with van der Waals surface area (Å²) in [6.45, 7) is 0.599. The van der Waals surface area contributed by atoms with Gasteiger partial charge in [0, 0.05) is 29.9 Å². The van der Waals surface area contributed by atoms with Gasteiger partial charge >= 0.3 is 0 Å². The highest BCUT2D eigenvalue weighted by Crippen LogP contribution is 2.26. The zero-order valence-corrected chi connectivity index (χ0v) is 11.8. The number of nitro benzene ring substituents is 1. The quantitative estimate of drug-likeness (QED) is 0.556. The maximum atomic E-state index is 10.6. The lowest BCUT2D eigenvalue weighted by molar-refractivity contribution is -0.384. The minimum Gasteiger partial charge on any atom is -0.381 e. The number of benzene rings is 1. The fraction of sp³-hybridized carbons (Fsp3) is 0.0714. The fourth-order valence-corrected chi connectivity index (χ4v) is 2.73. The van der Waals surface area contributed by atoms with Crippen molar-refractivity contribution >= 4 is 22.7 Å². The molecule has 7 heteroatoms. The summed E-state index contributed by atoms with van der Waals surface area (Å²) in [4.78, 5) is 11.3. The van der Waals surface area contributed by atoms with E-state index in [1.165, 1.54) is 12.1 Å². The Hall–Kier alpha value is -2.67. The molecule has 2 N–H and O–H groups in total. The van der Waals surface area contributed by atoms with Crippen LogP contribution < -0.4 is 5.32 Å². The second-order valence-corrected chi connectivity index (χ2v) is 5.35. The lowest BCUT2D eigenvalue weighted by Gasteiger charge is -2.06. The van der Waals surface area contributed by atoms with E-state index in [-0.39, 0.29) is 5.69 Å². The molecule has 0 fully saturated rings. The molecule has 0 unspecified atom stereocenters. The Morgan fingerprint density at radius 1 is 1.29 bits per heavy atom. The molecule has 3 aromatic rings. The van der Waals surface area contributed by atoms with Gasteiger partial charge in [-0.25, -0.2) is 0 Å². The number of rotatable bonds is 5. The summed E-state index contributed by atoms with van der Waals surface area (Å²) in [5.41, 5.74) is 2.97. The molecule has 3 rings (SSSR count). The standard InChI is InChI=1S/C14H12N4O2S/c19-18(20)12-5-3-11(4-6-12)15-8-10-9-16-17-14(10)13-2-1-7-21-13/h1-7,9,15H,8H2,(H,16,17). The number of aromatic amines is 1. The smallest absolute Gasteiger partial charge is 0.269 e. The van der Waals surface area contributed by atoms with Crippen LogP contribution in [-0.2, 0) is 6.54 Å². The van der Waals surface area contributed by atoms with E-state index in [9.17, 15) is 10.1 Å². The van der Waals surface area contributed by atoms with E-state index in [4.69, 9.17) is 0 Å². The minimum absolute atomic E-state index is 0.0862. The van der Waals surface area contributed by atoms with Crippen molar-refractivity contribution < 1.29 is 4.92 Å². The van der Waals surface area contributed by atoms with Gasteiger partial charge in [-0.05, 0) is 23.6 Å². The summed E-state index contributed by atoms with van der Waals surface area (Å²) in [6.07, 6.45) is 1.79. The molecule has 0 aliphatic rings. The van der Waals surface area contributed by atoms with Crippen LogP contribution in [0.5, 0.6) is 0 Å². The van der Waals surface area contributed by atoms with E-state index in [0.717, 1.165) is 21.8 Å². The SMILES string of the molecule is O=[N+]([O-])c1ccc(NCc2cn[nH]c2-c2cccs2)cc1. The van der Waals surface area contributed by atoms with Crippen LogP contribution in [0.1, 0.15) is 5.56 Å². The molecule has 6 nitrogen and oxygen atoms in total. The van der Waals surface area contributed by atoms with Crippen molar-refractivity contribution in [3.05, 3.63) is 63.7 Å². The Morgan fingerprint density at radius 2 is 2.10 bits per heavy atom. The average molecular weight is 300 g/mol. The molecule has 2 aromatic heterocycles. The Labute approximate surface area is 124 Å². The fourth-order valence-electron chi connectivity index (χ4n) is 1.98. The molecule has 2 heterocycles. The summed E-state index contributed by atoms with van der Waals surface area (Å²) in [7, 11) is 0. The third-order valence-electron chi connectivity index (χ3n) is 3.05. The first kappa shape index (κ1) is 13.3. The van der Waals surface area contributed by atoms with E-state index in [2.05, 4.69) is 15.5 Å². The summed E-state index contributed by atoms with van der Waals surface area (Å²) in [5.74, 6) is 0. The van der Waals surface area contributed by atoms with Crippen LogP contribution in [0.3, 0.4) is 0 Å². The molecule has 0 saturated carbocycles. The first-order valence-electron chi connectivity index (χ1n) is 6.28. The van der Waals surface area contributed by atoms with Crippen LogP contribution in [0.2, 0.25) is 0 Å². The zero-order chi connectivity index (χ0) is 14.7. The molecule has 106 valence electrons. The average Bonchev–Trinajstić information content (AvgIpc) is 3.16. The number of nitro groups is 1. The largest absolute Gasteiger partial charge is 0.381 e. The van der Waals surface area contributed by atoms with Gasteiger partial charge < -0.3 is 5.32 Å². The number of hydrogen-bond acceptors (Lipinski definition) is 5. The lowest BCUT2D eigenvalue weighted by Crippen LogP contribution is -1.99. The topological polar surface area (TPSA) is 83.8 Å². The molecule has 1 aromatic carbocycles. The molecule has 0 spiro atoms. The second-order valence-electron chi connectivity index (χ2n) is 4.41. The van der Waals surface area contributed by atoms with Gasteiger partial charge in [0.2, 0.25) is 0 Å². The summed E-state index contributed by atoms with van der Waals surface area (Å²) in [5, 5.41) is 22.9. The third-order valence-corrected chi connectivity index (χ3v) is 3.93. The predicted molar refractivity (Wildman–Crippen MR) is 82.3 cm³/mol. The number of thiophene rings is 1. The van der Waals surface area contributed by atoms with Crippen molar-refractivity contribution in [1.29, 1.82) is 0 Å². The summed E-state index contributed by atoms with van der Waals surface area (Å²) < 4.78 is 0. The van der Waals surface area contributed by atoms with Crippen molar-refractivity contribution in [3.63, 3.8) is 0 Å². The third kappa shape index (κ3) is 2.92.